The molecule has 0 spiro atoms. The smallest absolute Gasteiger partial charge is 0.0696 e. The number of hydrogen-bond donors (Lipinski definition) is 0. The van der Waals surface area contributed by atoms with Gasteiger partial charge >= 0.3 is 0 Å². The lowest BCUT2D eigenvalue weighted by Gasteiger charge is -1.91. The molecule has 106 valence electrons. The highest BCUT2D eigenvalue weighted by Crippen LogP contribution is 1.98. The first-order chi connectivity index (χ1) is 8.33. The van der Waals surface area contributed by atoms with Crippen LogP contribution in [0.5, 0.6) is 0 Å². The van der Waals surface area contributed by atoms with E-state index in [-0.39, 0.29) is 0 Å². The van der Waals surface area contributed by atoms with E-state index < -0.39 is 0 Å². The van der Waals surface area contributed by atoms with Crippen LogP contribution in [-0.4, -0.2) is 68.1 Å². The van der Waals surface area contributed by atoms with Gasteiger partial charge < -0.3 is 23.7 Å². The Kier molecular flexibility index (Phi) is 23.8. The molecule has 1 fully saturated rings. The summed E-state index contributed by atoms with van der Waals surface area (Å²) in [6, 6.07) is 0. The van der Waals surface area contributed by atoms with Crippen LogP contribution in [-0.2, 0) is 23.7 Å². The lowest BCUT2D eigenvalue weighted by Crippen LogP contribution is -1.96. The molecular formula is C12H28O5. The molecule has 0 bridgehead atoms. The van der Waals surface area contributed by atoms with Gasteiger partial charge in [-0.1, -0.05) is 0 Å². The number of hydrogen-bond acceptors (Lipinski definition) is 5. The predicted octanol–water partition coefficient (Wildman–Crippen LogP) is 1.36. The predicted molar refractivity (Wildman–Crippen MR) is 67.6 cm³/mol. The molecule has 0 aromatic rings. The normalized spacial score (nSPS) is 13.4. The Bertz CT molecular complexity index is 83.5. The van der Waals surface area contributed by atoms with Gasteiger partial charge in [-0.25, -0.2) is 0 Å². The van der Waals surface area contributed by atoms with Gasteiger partial charge in [0.1, 0.15) is 0 Å². The van der Waals surface area contributed by atoms with Crippen molar-refractivity contribution >= 4 is 0 Å². The minimum Gasteiger partial charge on any atom is -0.382 e. The van der Waals surface area contributed by atoms with Crippen molar-refractivity contribution in [1.82, 2.24) is 0 Å². The summed E-state index contributed by atoms with van der Waals surface area (Å²) < 4.78 is 23.6. The molecule has 1 heterocycles. The molecule has 17 heavy (non-hydrogen) atoms. The lowest BCUT2D eigenvalue weighted by atomic mass is 10.4. The SMILES string of the molecule is C1CCOC1.COCCOC.COCCOC. The van der Waals surface area contributed by atoms with Crippen LogP contribution < -0.4 is 0 Å². The molecule has 1 rings (SSSR count). The summed E-state index contributed by atoms with van der Waals surface area (Å²) in [5, 5.41) is 0. The van der Waals surface area contributed by atoms with Crippen LogP contribution in [0, 0.1) is 0 Å². The number of rotatable bonds is 6. The largest absolute Gasteiger partial charge is 0.382 e. The molecule has 0 atom stereocenters. The first-order valence-corrected chi connectivity index (χ1v) is 5.87. The standard InChI is InChI=1S/2C4H10O2.C4H8O/c2*1-5-3-4-6-2;1-2-4-5-3-1/h2*3-4H2,1-2H3;1-4H2. The van der Waals surface area contributed by atoms with E-state index in [0.29, 0.717) is 26.4 Å². The van der Waals surface area contributed by atoms with Gasteiger partial charge in [-0.15, -0.1) is 0 Å². The molecule has 0 radical (unpaired) electrons. The molecule has 0 aromatic heterocycles. The zero-order valence-corrected chi connectivity index (χ0v) is 11.7. The van der Waals surface area contributed by atoms with Crippen LogP contribution in [0.3, 0.4) is 0 Å². The third kappa shape index (κ3) is 25.8. The molecule has 1 saturated heterocycles. The maximum Gasteiger partial charge on any atom is 0.0696 e. The van der Waals surface area contributed by atoms with Gasteiger partial charge in [0, 0.05) is 41.7 Å². The first-order valence-electron chi connectivity index (χ1n) is 5.87. The molecular weight excluding hydrogens is 224 g/mol. The highest BCUT2D eigenvalue weighted by atomic mass is 16.5. The van der Waals surface area contributed by atoms with Crippen molar-refractivity contribution < 1.29 is 23.7 Å². The van der Waals surface area contributed by atoms with E-state index in [1.54, 1.807) is 28.4 Å². The summed E-state index contributed by atoms with van der Waals surface area (Å²) >= 11 is 0. The average Bonchev–Trinajstić information content (AvgIpc) is 2.93. The monoisotopic (exact) mass is 252 g/mol. The molecule has 5 heteroatoms. The van der Waals surface area contributed by atoms with E-state index in [1.807, 2.05) is 0 Å². The van der Waals surface area contributed by atoms with E-state index in [9.17, 15) is 0 Å². The molecule has 0 amide bonds. The van der Waals surface area contributed by atoms with Gasteiger partial charge in [0.05, 0.1) is 26.4 Å². The Labute approximate surface area is 105 Å². The van der Waals surface area contributed by atoms with Gasteiger partial charge in [0.15, 0.2) is 0 Å². The summed E-state index contributed by atoms with van der Waals surface area (Å²) in [6.07, 6.45) is 2.56. The molecule has 0 aromatic carbocycles. The van der Waals surface area contributed by atoms with Gasteiger partial charge in [0.2, 0.25) is 0 Å². The summed E-state index contributed by atoms with van der Waals surface area (Å²) in [4.78, 5) is 0. The van der Waals surface area contributed by atoms with E-state index >= 15 is 0 Å². The van der Waals surface area contributed by atoms with Crippen molar-refractivity contribution in [3.8, 4) is 0 Å². The molecule has 5 nitrogen and oxygen atoms in total. The fourth-order valence-electron chi connectivity index (χ4n) is 0.844. The number of ether oxygens (including phenoxy) is 5. The zero-order chi connectivity index (χ0) is 13.2. The Hall–Kier alpha value is -0.200. The minimum absolute atomic E-state index is 0.691. The molecule has 1 aliphatic rings. The van der Waals surface area contributed by atoms with E-state index in [0.717, 1.165) is 13.2 Å². The van der Waals surface area contributed by atoms with Crippen molar-refractivity contribution in [3.63, 3.8) is 0 Å². The quantitative estimate of drug-likeness (QED) is 0.668. The van der Waals surface area contributed by atoms with Crippen LogP contribution in [0.25, 0.3) is 0 Å². The van der Waals surface area contributed by atoms with Crippen LogP contribution in [0.1, 0.15) is 12.8 Å². The fraction of sp³-hybridized carbons (Fsp3) is 1.00. The molecule has 1 aliphatic heterocycles. The van der Waals surface area contributed by atoms with Crippen molar-refractivity contribution in [3.05, 3.63) is 0 Å². The Balaban J connectivity index is 0. The summed E-state index contributed by atoms with van der Waals surface area (Å²) in [7, 11) is 6.61. The van der Waals surface area contributed by atoms with Crippen LogP contribution in [0.4, 0.5) is 0 Å². The van der Waals surface area contributed by atoms with Crippen molar-refractivity contribution in [2.24, 2.45) is 0 Å². The minimum atomic E-state index is 0.691. The Morgan fingerprint density at radius 1 is 0.647 bits per heavy atom. The second kappa shape index (κ2) is 21.1. The second-order valence-electron chi connectivity index (χ2n) is 3.29. The fourth-order valence-corrected chi connectivity index (χ4v) is 0.844. The van der Waals surface area contributed by atoms with Crippen molar-refractivity contribution in [2.45, 2.75) is 12.8 Å². The summed E-state index contributed by atoms with van der Waals surface area (Å²) in [6.45, 7) is 4.76. The van der Waals surface area contributed by atoms with E-state index in [4.69, 9.17) is 4.74 Å². The third-order valence-corrected chi connectivity index (χ3v) is 1.81. The Morgan fingerprint density at radius 3 is 1.06 bits per heavy atom. The van der Waals surface area contributed by atoms with Crippen molar-refractivity contribution in [1.29, 1.82) is 0 Å². The molecule has 0 N–H and O–H groups in total. The highest BCUT2D eigenvalue weighted by molar-refractivity contribution is 4.43. The average molecular weight is 252 g/mol. The summed E-state index contributed by atoms with van der Waals surface area (Å²) in [5.41, 5.74) is 0. The zero-order valence-electron chi connectivity index (χ0n) is 11.7. The van der Waals surface area contributed by atoms with Gasteiger partial charge in [-0.3, -0.25) is 0 Å². The Morgan fingerprint density at radius 2 is 0.941 bits per heavy atom. The molecule has 0 saturated carbocycles. The lowest BCUT2D eigenvalue weighted by molar-refractivity contribution is 0.103. The number of methoxy groups -OCH3 is 4. The highest BCUT2D eigenvalue weighted by Gasteiger charge is 1.94. The van der Waals surface area contributed by atoms with E-state index in [2.05, 4.69) is 18.9 Å². The topological polar surface area (TPSA) is 46.2 Å². The van der Waals surface area contributed by atoms with Crippen LogP contribution in [0.2, 0.25) is 0 Å². The van der Waals surface area contributed by atoms with Crippen molar-refractivity contribution in [2.75, 3.05) is 68.1 Å². The maximum absolute atomic E-state index is 4.94. The first kappa shape index (κ1) is 19.1. The van der Waals surface area contributed by atoms with Crippen LogP contribution in [0.15, 0.2) is 0 Å². The van der Waals surface area contributed by atoms with Gasteiger partial charge in [-0.05, 0) is 12.8 Å². The maximum atomic E-state index is 4.94. The third-order valence-electron chi connectivity index (χ3n) is 1.81. The molecule has 0 aliphatic carbocycles. The second-order valence-corrected chi connectivity index (χ2v) is 3.29. The van der Waals surface area contributed by atoms with E-state index in [1.165, 1.54) is 12.8 Å². The molecule has 0 unspecified atom stereocenters. The van der Waals surface area contributed by atoms with Gasteiger partial charge in [-0.2, -0.15) is 0 Å². The van der Waals surface area contributed by atoms with Gasteiger partial charge in [0.25, 0.3) is 0 Å². The van der Waals surface area contributed by atoms with Crippen LogP contribution >= 0.6 is 0 Å². The summed E-state index contributed by atoms with van der Waals surface area (Å²) in [5.74, 6) is 0.